The van der Waals surface area contributed by atoms with E-state index in [9.17, 15) is 4.39 Å². The Kier molecular flexibility index (Phi) is 4.15. The van der Waals surface area contributed by atoms with Crippen molar-refractivity contribution in [3.8, 4) is 0 Å². The summed E-state index contributed by atoms with van der Waals surface area (Å²) in [6, 6.07) is 4.43. The lowest BCUT2D eigenvalue weighted by Crippen LogP contribution is -2.30. The summed E-state index contributed by atoms with van der Waals surface area (Å²) in [5, 5.41) is 11.7. The first-order valence-corrected chi connectivity index (χ1v) is 6.19. The molecular weight excluding hydrogens is 233 g/mol. The highest BCUT2D eigenvalue weighted by Gasteiger charge is 2.14. The Morgan fingerprint density at radius 1 is 1.33 bits per heavy atom. The van der Waals surface area contributed by atoms with E-state index >= 15 is 0 Å². The monoisotopic (exact) mass is 251 g/mol. The second kappa shape index (κ2) is 5.82. The number of likely N-dealkylation sites (tertiary alicyclic amines) is 1. The minimum absolute atomic E-state index is 0.0403. The maximum absolute atomic E-state index is 13.2. The van der Waals surface area contributed by atoms with Gasteiger partial charge in [0.2, 0.25) is 0 Å². The normalized spacial score (nSPS) is 17.9. The zero-order chi connectivity index (χ0) is 13.0. The van der Waals surface area contributed by atoms with Crippen LogP contribution in [0.5, 0.6) is 0 Å². The molecule has 1 saturated heterocycles. The number of benzene rings is 1. The molecule has 2 rings (SSSR count). The van der Waals surface area contributed by atoms with Crippen LogP contribution in [0.25, 0.3) is 0 Å². The molecule has 0 unspecified atom stereocenters. The summed E-state index contributed by atoms with van der Waals surface area (Å²) in [7, 11) is 0. The average Bonchev–Trinajstić information content (AvgIpc) is 2.41. The van der Waals surface area contributed by atoms with Crippen LogP contribution in [0.3, 0.4) is 0 Å². The van der Waals surface area contributed by atoms with Crippen molar-refractivity contribution in [3.63, 3.8) is 0 Å². The van der Waals surface area contributed by atoms with Crippen LogP contribution in [-0.4, -0.2) is 29.0 Å². The highest BCUT2D eigenvalue weighted by molar-refractivity contribution is 5.98. The van der Waals surface area contributed by atoms with Crippen molar-refractivity contribution in [2.24, 2.45) is 10.9 Å². The predicted molar refractivity (Wildman–Crippen MR) is 68.0 cm³/mol. The Bertz CT molecular complexity index is 442. The molecule has 1 heterocycles. The Hall–Kier alpha value is -1.62. The van der Waals surface area contributed by atoms with E-state index in [1.807, 2.05) is 0 Å². The van der Waals surface area contributed by atoms with Crippen LogP contribution >= 0.6 is 0 Å². The van der Waals surface area contributed by atoms with Crippen molar-refractivity contribution in [2.75, 3.05) is 13.1 Å². The molecule has 0 aliphatic carbocycles. The smallest absolute Gasteiger partial charge is 0.170 e. The third-order valence-corrected chi connectivity index (χ3v) is 3.30. The van der Waals surface area contributed by atoms with Crippen LogP contribution < -0.4 is 5.73 Å². The number of piperidine rings is 1. The van der Waals surface area contributed by atoms with Gasteiger partial charge in [-0.15, -0.1) is 0 Å². The standard InChI is InChI=1S/C13H18FN3O/c14-11-5-4-10(12(8-11)13(15)16-18)9-17-6-2-1-3-7-17/h4-5,8,18H,1-3,6-7,9H2,(H2,15,16). The molecule has 0 spiro atoms. The summed E-state index contributed by atoms with van der Waals surface area (Å²) in [4.78, 5) is 2.31. The average molecular weight is 251 g/mol. The zero-order valence-corrected chi connectivity index (χ0v) is 10.3. The Morgan fingerprint density at radius 3 is 2.72 bits per heavy atom. The van der Waals surface area contributed by atoms with Gasteiger partial charge in [0.1, 0.15) is 5.82 Å². The molecule has 3 N–H and O–H groups in total. The number of hydrogen-bond donors (Lipinski definition) is 2. The van der Waals surface area contributed by atoms with Crippen LogP contribution in [0, 0.1) is 5.82 Å². The lowest BCUT2D eigenvalue weighted by atomic mass is 10.0. The summed E-state index contributed by atoms with van der Waals surface area (Å²) in [6.07, 6.45) is 3.66. The molecule has 0 saturated carbocycles. The largest absolute Gasteiger partial charge is 0.409 e. The Labute approximate surface area is 106 Å². The van der Waals surface area contributed by atoms with Gasteiger partial charge in [0, 0.05) is 12.1 Å². The van der Waals surface area contributed by atoms with Crippen molar-refractivity contribution in [2.45, 2.75) is 25.8 Å². The fraction of sp³-hybridized carbons (Fsp3) is 0.462. The van der Waals surface area contributed by atoms with Crippen molar-refractivity contribution >= 4 is 5.84 Å². The molecule has 1 aliphatic rings. The first-order valence-electron chi connectivity index (χ1n) is 6.19. The number of nitrogens with zero attached hydrogens (tertiary/aromatic N) is 2. The second-order valence-electron chi connectivity index (χ2n) is 4.62. The van der Waals surface area contributed by atoms with Gasteiger partial charge in [0.15, 0.2) is 5.84 Å². The highest BCUT2D eigenvalue weighted by Crippen LogP contribution is 2.17. The van der Waals surface area contributed by atoms with E-state index in [1.54, 1.807) is 6.07 Å². The van der Waals surface area contributed by atoms with Gasteiger partial charge in [0.05, 0.1) is 0 Å². The van der Waals surface area contributed by atoms with Crippen molar-refractivity contribution in [1.29, 1.82) is 0 Å². The van der Waals surface area contributed by atoms with Crippen LogP contribution in [0.15, 0.2) is 23.4 Å². The number of nitrogens with two attached hydrogens (primary N) is 1. The summed E-state index contributed by atoms with van der Waals surface area (Å²) >= 11 is 0. The summed E-state index contributed by atoms with van der Waals surface area (Å²) in [6.45, 7) is 2.81. The third kappa shape index (κ3) is 2.98. The third-order valence-electron chi connectivity index (χ3n) is 3.30. The molecule has 1 aliphatic heterocycles. The molecule has 0 radical (unpaired) electrons. The van der Waals surface area contributed by atoms with Gasteiger partial charge >= 0.3 is 0 Å². The van der Waals surface area contributed by atoms with Gasteiger partial charge in [-0.1, -0.05) is 17.6 Å². The Morgan fingerprint density at radius 2 is 2.06 bits per heavy atom. The molecule has 0 bridgehead atoms. The molecular formula is C13H18FN3O. The topological polar surface area (TPSA) is 61.9 Å². The fourth-order valence-electron chi connectivity index (χ4n) is 2.34. The van der Waals surface area contributed by atoms with Gasteiger partial charge in [-0.25, -0.2) is 4.39 Å². The van der Waals surface area contributed by atoms with Gasteiger partial charge < -0.3 is 10.9 Å². The van der Waals surface area contributed by atoms with Crippen LogP contribution in [0.2, 0.25) is 0 Å². The molecule has 18 heavy (non-hydrogen) atoms. The minimum atomic E-state index is -0.376. The molecule has 0 atom stereocenters. The summed E-state index contributed by atoms with van der Waals surface area (Å²) in [5.41, 5.74) is 6.96. The molecule has 0 amide bonds. The van der Waals surface area contributed by atoms with E-state index in [2.05, 4.69) is 10.1 Å². The molecule has 5 heteroatoms. The van der Waals surface area contributed by atoms with Gasteiger partial charge in [0.25, 0.3) is 0 Å². The van der Waals surface area contributed by atoms with Crippen molar-refractivity contribution in [3.05, 3.63) is 35.1 Å². The maximum atomic E-state index is 13.2. The minimum Gasteiger partial charge on any atom is -0.409 e. The van der Waals surface area contributed by atoms with Crippen LogP contribution in [0.1, 0.15) is 30.4 Å². The number of hydrogen-bond acceptors (Lipinski definition) is 3. The van der Waals surface area contributed by atoms with E-state index in [-0.39, 0.29) is 11.7 Å². The van der Waals surface area contributed by atoms with Crippen molar-refractivity contribution in [1.82, 2.24) is 4.90 Å². The van der Waals surface area contributed by atoms with E-state index in [0.717, 1.165) is 18.7 Å². The second-order valence-corrected chi connectivity index (χ2v) is 4.62. The van der Waals surface area contributed by atoms with E-state index in [1.165, 1.54) is 31.4 Å². The van der Waals surface area contributed by atoms with E-state index in [4.69, 9.17) is 10.9 Å². The molecule has 1 fully saturated rings. The maximum Gasteiger partial charge on any atom is 0.170 e. The number of oxime groups is 1. The fourth-order valence-corrected chi connectivity index (χ4v) is 2.34. The highest BCUT2D eigenvalue weighted by atomic mass is 19.1. The quantitative estimate of drug-likeness (QED) is 0.373. The van der Waals surface area contributed by atoms with Crippen LogP contribution in [-0.2, 0) is 6.54 Å². The predicted octanol–water partition coefficient (Wildman–Crippen LogP) is 1.91. The SMILES string of the molecule is NC(=NO)c1cc(F)ccc1CN1CCCCC1. The van der Waals surface area contributed by atoms with Crippen LogP contribution in [0.4, 0.5) is 4.39 Å². The van der Waals surface area contributed by atoms with Gasteiger partial charge in [-0.2, -0.15) is 0 Å². The lowest BCUT2D eigenvalue weighted by Gasteiger charge is -2.27. The molecule has 0 aromatic heterocycles. The van der Waals surface area contributed by atoms with E-state index < -0.39 is 0 Å². The zero-order valence-electron chi connectivity index (χ0n) is 10.3. The molecule has 4 nitrogen and oxygen atoms in total. The first-order chi connectivity index (χ1) is 8.70. The number of amidine groups is 1. The van der Waals surface area contributed by atoms with Crippen molar-refractivity contribution < 1.29 is 9.60 Å². The Balaban J connectivity index is 2.20. The number of rotatable bonds is 3. The molecule has 1 aromatic carbocycles. The van der Waals surface area contributed by atoms with E-state index in [0.29, 0.717) is 12.1 Å². The summed E-state index contributed by atoms with van der Waals surface area (Å²) < 4.78 is 13.2. The van der Waals surface area contributed by atoms with Gasteiger partial charge in [-0.05, 0) is 43.6 Å². The lowest BCUT2D eigenvalue weighted by molar-refractivity contribution is 0.220. The molecule has 98 valence electrons. The molecule has 1 aromatic rings. The number of halogens is 1. The van der Waals surface area contributed by atoms with Gasteiger partial charge in [-0.3, -0.25) is 4.90 Å². The summed E-state index contributed by atoms with van der Waals surface area (Å²) in [5.74, 6) is -0.416. The first kappa shape index (κ1) is 12.8.